The fourth-order valence-corrected chi connectivity index (χ4v) is 2.09. The van der Waals surface area contributed by atoms with E-state index in [1.54, 1.807) is 6.92 Å². The number of nitrogens with one attached hydrogen (secondary N) is 1. The van der Waals surface area contributed by atoms with Gasteiger partial charge in [0.15, 0.2) is 0 Å². The van der Waals surface area contributed by atoms with Crippen molar-refractivity contribution in [2.24, 2.45) is 0 Å². The third-order valence-corrected chi connectivity index (χ3v) is 3.01. The molecule has 2 nitrogen and oxygen atoms in total. The molecule has 0 amide bonds. The van der Waals surface area contributed by atoms with Crippen LogP contribution in [0.5, 0.6) is 0 Å². The maximum atomic E-state index is 13.2. The highest BCUT2D eigenvalue weighted by molar-refractivity contribution is 5.27. The third-order valence-electron chi connectivity index (χ3n) is 3.01. The van der Waals surface area contributed by atoms with Crippen molar-refractivity contribution in [2.45, 2.75) is 39.3 Å². The van der Waals surface area contributed by atoms with Gasteiger partial charge in [0.05, 0.1) is 12.1 Å². The first-order chi connectivity index (χ1) is 8.13. The Kier molecular flexibility index (Phi) is 5.59. The summed E-state index contributed by atoms with van der Waals surface area (Å²) in [4.78, 5) is 0. The zero-order valence-corrected chi connectivity index (χ0v) is 11.1. The monoisotopic (exact) mass is 239 g/mol. The first-order valence-electron chi connectivity index (χ1n) is 6.18. The summed E-state index contributed by atoms with van der Waals surface area (Å²) in [6.45, 7) is 6.57. The van der Waals surface area contributed by atoms with Crippen molar-refractivity contribution in [1.29, 1.82) is 0 Å². The van der Waals surface area contributed by atoms with Gasteiger partial charge in [0, 0.05) is 6.61 Å². The second-order valence-corrected chi connectivity index (χ2v) is 4.18. The number of aryl methyl sites for hydroxylation is 1. The SMILES string of the molecule is CCOC(CC)C(NC)c1ccc(F)c(C)c1. The van der Waals surface area contributed by atoms with Crippen LogP contribution in [0.4, 0.5) is 4.39 Å². The van der Waals surface area contributed by atoms with Crippen LogP contribution >= 0.6 is 0 Å². The summed E-state index contributed by atoms with van der Waals surface area (Å²) in [7, 11) is 1.91. The Hall–Kier alpha value is -0.930. The summed E-state index contributed by atoms with van der Waals surface area (Å²) in [6, 6.07) is 5.34. The number of benzene rings is 1. The number of halogens is 1. The van der Waals surface area contributed by atoms with Crippen LogP contribution < -0.4 is 5.32 Å². The molecule has 0 aliphatic rings. The molecule has 2 unspecified atom stereocenters. The average Bonchev–Trinajstić information content (AvgIpc) is 2.33. The molecular weight excluding hydrogens is 217 g/mol. The molecule has 2 atom stereocenters. The van der Waals surface area contributed by atoms with Crippen molar-refractivity contribution in [2.75, 3.05) is 13.7 Å². The lowest BCUT2D eigenvalue weighted by Gasteiger charge is -2.26. The largest absolute Gasteiger partial charge is 0.377 e. The molecule has 3 heteroatoms. The quantitative estimate of drug-likeness (QED) is 0.823. The van der Waals surface area contributed by atoms with Crippen LogP contribution in [-0.2, 0) is 4.74 Å². The van der Waals surface area contributed by atoms with E-state index in [4.69, 9.17) is 4.74 Å². The van der Waals surface area contributed by atoms with E-state index >= 15 is 0 Å². The molecule has 96 valence electrons. The second kappa shape index (κ2) is 6.72. The summed E-state index contributed by atoms with van der Waals surface area (Å²) >= 11 is 0. The molecule has 1 N–H and O–H groups in total. The predicted octanol–water partition coefficient (Wildman–Crippen LogP) is 3.21. The molecule has 0 fully saturated rings. The first-order valence-corrected chi connectivity index (χ1v) is 6.18. The van der Waals surface area contributed by atoms with Gasteiger partial charge >= 0.3 is 0 Å². The maximum absolute atomic E-state index is 13.2. The van der Waals surface area contributed by atoms with Crippen LogP contribution in [0.2, 0.25) is 0 Å². The average molecular weight is 239 g/mol. The lowest BCUT2D eigenvalue weighted by molar-refractivity contribution is 0.0333. The summed E-state index contributed by atoms with van der Waals surface area (Å²) in [5, 5.41) is 3.25. The zero-order chi connectivity index (χ0) is 12.8. The van der Waals surface area contributed by atoms with Crippen molar-refractivity contribution >= 4 is 0 Å². The molecular formula is C14H22FNO. The highest BCUT2D eigenvalue weighted by Crippen LogP contribution is 2.23. The van der Waals surface area contributed by atoms with Gasteiger partial charge in [0.25, 0.3) is 0 Å². The molecule has 0 saturated heterocycles. The van der Waals surface area contributed by atoms with Crippen LogP contribution in [0.25, 0.3) is 0 Å². The summed E-state index contributed by atoms with van der Waals surface area (Å²) in [5.41, 5.74) is 1.75. The number of hydrogen-bond acceptors (Lipinski definition) is 2. The number of rotatable bonds is 6. The van der Waals surface area contributed by atoms with E-state index in [2.05, 4.69) is 12.2 Å². The molecule has 0 heterocycles. The minimum absolute atomic E-state index is 0.110. The molecule has 0 saturated carbocycles. The minimum Gasteiger partial charge on any atom is -0.377 e. The van der Waals surface area contributed by atoms with Crippen LogP contribution in [0, 0.1) is 12.7 Å². The van der Waals surface area contributed by atoms with E-state index in [9.17, 15) is 4.39 Å². The summed E-state index contributed by atoms with van der Waals surface area (Å²) < 4.78 is 19.0. The van der Waals surface area contributed by atoms with Crippen molar-refractivity contribution in [3.63, 3.8) is 0 Å². The molecule has 1 rings (SSSR count). The molecule has 0 aromatic heterocycles. The molecule has 0 spiro atoms. The third kappa shape index (κ3) is 3.51. The van der Waals surface area contributed by atoms with E-state index in [-0.39, 0.29) is 18.0 Å². The van der Waals surface area contributed by atoms with Gasteiger partial charge in [-0.05, 0) is 44.5 Å². The van der Waals surface area contributed by atoms with E-state index < -0.39 is 0 Å². The molecule has 0 aliphatic heterocycles. The molecule has 0 aliphatic carbocycles. The first kappa shape index (κ1) is 14.1. The van der Waals surface area contributed by atoms with Gasteiger partial charge in [-0.15, -0.1) is 0 Å². The Labute approximate surface area is 103 Å². The lowest BCUT2D eigenvalue weighted by Crippen LogP contribution is -2.31. The highest BCUT2D eigenvalue weighted by Gasteiger charge is 2.20. The van der Waals surface area contributed by atoms with Crippen LogP contribution in [-0.4, -0.2) is 19.8 Å². The van der Waals surface area contributed by atoms with Crippen molar-refractivity contribution < 1.29 is 9.13 Å². The van der Waals surface area contributed by atoms with Crippen LogP contribution in [0.3, 0.4) is 0 Å². The highest BCUT2D eigenvalue weighted by atomic mass is 19.1. The van der Waals surface area contributed by atoms with Gasteiger partial charge in [-0.1, -0.05) is 19.1 Å². The Morgan fingerprint density at radius 3 is 2.53 bits per heavy atom. The van der Waals surface area contributed by atoms with Crippen LogP contribution in [0.15, 0.2) is 18.2 Å². The summed E-state index contributed by atoms with van der Waals surface area (Å²) in [5.74, 6) is -0.159. The van der Waals surface area contributed by atoms with E-state index in [1.165, 1.54) is 6.07 Å². The van der Waals surface area contributed by atoms with Gasteiger partial charge in [0.2, 0.25) is 0 Å². The Morgan fingerprint density at radius 2 is 2.06 bits per heavy atom. The Bertz CT molecular complexity index is 354. The van der Waals surface area contributed by atoms with Gasteiger partial charge in [-0.2, -0.15) is 0 Å². The number of hydrogen-bond donors (Lipinski definition) is 1. The molecule has 0 bridgehead atoms. The van der Waals surface area contributed by atoms with Gasteiger partial charge in [-0.3, -0.25) is 0 Å². The fraction of sp³-hybridized carbons (Fsp3) is 0.571. The van der Waals surface area contributed by atoms with Gasteiger partial charge in [-0.25, -0.2) is 4.39 Å². The molecule has 1 aromatic carbocycles. The molecule has 17 heavy (non-hydrogen) atoms. The van der Waals surface area contributed by atoms with Crippen molar-refractivity contribution in [3.8, 4) is 0 Å². The maximum Gasteiger partial charge on any atom is 0.126 e. The number of likely N-dealkylation sites (N-methyl/N-ethyl adjacent to an activating group) is 1. The lowest BCUT2D eigenvalue weighted by atomic mass is 9.98. The fourth-order valence-electron chi connectivity index (χ4n) is 2.09. The molecule has 1 aromatic rings. The van der Waals surface area contributed by atoms with Crippen molar-refractivity contribution in [1.82, 2.24) is 5.32 Å². The zero-order valence-electron chi connectivity index (χ0n) is 11.1. The smallest absolute Gasteiger partial charge is 0.126 e. The van der Waals surface area contributed by atoms with E-state index in [0.29, 0.717) is 12.2 Å². The number of ether oxygens (including phenoxy) is 1. The summed E-state index contributed by atoms with van der Waals surface area (Å²) in [6.07, 6.45) is 1.05. The Balaban J connectivity index is 2.95. The minimum atomic E-state index is -0.159. The topological polar surface area (TPSA) is 21.3 Å². The standard InChI is InChI=1S/C14H22FNO/c1-5-13(17-6-2)14(16-4)11-7-8-12(15)10(3)9-11/h7-9,13-14,16H,5-6H2,1-4H3. The van der Waals surface area contributed by atoms with Gasteiger partial charge < -0.3 is 10.1 Å². The Morgan fingerprint density at radius 1 is 1.35 bits per heavy atom. The van der Waals surface area contributed by atoms with E-state index in [0.717, 1.165) is 12.0 Å². The van der Waals surface area contributed by atoms with Crippen molar-refractivity contribution in [3.05, 3.63) is 35.1 Å². The predicted molar refractivity (Wildman–Crippen MR) is 68.6 cm³/mol. The van der Waals surface area contributed by atoms with Gasteiger partial charge in [0.1, 0.15) is 5.82 Å². The van der Waals surface area contributed by atoms with Crippen LogP contribution in [0.1, 0.15) is 37.4 Å². The second-order valence-electron chi connectivity index (χ2n) is 4.18. The van der Waals surface area contributed by atoms with E-state index in [1.807, 2.05) is 26.1 Å². The molecule has 0 radical (unpaired) electrons. The normalized spacial score (nSPS) is 14.6.